The number of benzene rings is 2. The summed E-state index contributed by atoms with van der Waals surface area (Å²) in [5.41, 5.74) is 3.09. The van der Waals surface area contributed by atoms with Crippen molar-refractivity contribution in [2.24, 2.45) is 0 Å². The molecule has 0 unspecified atom stereocenters. The number of urea groups is 1. The zero-order valence-electron chi connectivity index (χ0n) is 14.0. The van der Waals surface area contributed by atoms with Crippen LogP contribution in [0.15, 0.2) is 48.5 Å². The van der Waals surface area contributed by atoms with Crippen LogP contribution in [0.4, 0.5) is 16.2 Å². The number of nitrogens with zero attached hydrogens (tertiary/aromatic N) is 1. The summed E-state index contributed by atoms with van der Waals surface area (Å²) in [4.78, 5) is 12.0. The van der Waals surface area contributed by atoms with Crippen LogP contribution in [0.3, 0.4) is 0 Å². The van der Waals surface area contributed by atoms with E-state index in [9.17, 15) is 9.90 Å². The molecule has 2 aromatic rings. The molecule has 0 aromatic heterocycles. The van der Waals surface area contributed by atoms with Gasteiger partial charge in [0.1, 0.15) is 24.5 Å². The maximum absolute atomic E-state index is 12.0. The van der Waals surface area contributed by atoms with Gasteiger partial charge in [-0.05, 0) is 36.2 Å². The number of carbonyl (C=O) groups excluding carboxylic acids is 1. The molecule has 5 nitrogen and oxygen atoms in total. The number of rotatable bonds is 7. The Balaban J connectivity index is 1.45. The van der Waals surface area contributed by atoms with Crippen LogP contribution in [0, 0.1) is 0 Å². The monoisotopic (exact) mass is 360 g/mol. The first-order valence-electron chi connectivity index (χ1n) is 8.47. The maximum atomic E-state index is 12.0. The number of quaternary nitrogens is 1. The van der Waals surface area contributed by atoms with Gasteiger partial charge in [0.25, 0.3) is 0 Å². The molecule has 0 spiro atoms. The molecule has 1 saturated heterocycles. The lowest BCUT2D eigenvalue weighted by atomic mass is 10.1. The molecule has 0 aliphatic carbocycles. The van der Waals surface area contributed by atoms with E-state index in [1.165, 1.54) is 5.69 Å². The minimum atomic E-state index is -0.220. The van der Waals surface area contributed by atoms with Gasteiger partial charge in [-0.25, -0.2) is 4.79 Å². The molecule has 0 radical (unpaired) electrons. The summed E-state index contributed by atoms with van der Waals surface area (Å²) in [5.74, 6) is 0.902. The van der Waals surface area contributed by atoms with Crippen LogP contribution in [0.1, 0.15) is 5.56 Å². The van der Waals surface area contributed by atoms with Crippen molar-refractivity contribution in [3.8, 4) is 5.75 Å². The minimum absolute atomic E-state index is 0.220. The van der Waals surface area contributed by atoms with E-state index in [0.29, 0.717) is 18.8 Å². The number of nitrogens with one attached hydrogen (secondary N) is 2. The van der Waals surface area contributed by atoms with E-state index in [1.807, 2.05) is 24.3 Å². The minimum Gasteiger partial charge on any atom is -0.508 e. The summed E-state index contributed by atoms with van der Waals surface area (Å²) in [7, 11) is 0. The Kier molecular flexibility index (Phi) is 5.46. The standard InChI is InChI=1S/C19H22ClN3O2/c20-10-12-23(13-14-23)17-5-3-16(4-6-17)22-19(25)21-11-9-15-1-7-18(24)8-2-15/h1-8H,9-14H2,(H2-,21,22,24,25)/p+1. The van der Waals surface area contributed by atoms with Crippen LogP contribution in [-0.4, -0.2) is 43.2 Å². The van der Waals surface area contributed by atoms with E-state index in [1.54, 1.807) is 12.1 Å². The average Bonchev–Trinajstić information content (AvgIpc) is 3.38. The van der Waals surface area contributed by atoms with Gasteiger partial charge in [-0.3, -0.25) is 4.48 Å². The van der Waals surface area contributed by atoms with Crippen LogP contribution in [0.25, 0.3) is 0 Å². The third-order valence-electron chi connectivity index (χ3n) is 4.58. The van der Waals surface area contributed by atoms with Gasteiger partial charge in [-0.2, -0.15) is 0 Å². The zero-order chi connectivity index (χ0) is 17.7. The van der Waals surface area contributed by atoms with E-state index < -0.39 is 0 Å². The Bertz CT molecular complexity index is 712. The molecule has 132 valence electrons. The number of hydrogen-bond acceptors (Lipinski definition) is 2. The summed E-state index contributed by atoms with van der Waals surface area (Å²) < 4.78 is 0.947. The number of alkyl halides is 1. The number of aromatic hydroxyl groups is 1. The van der Waals surface area contributed by atoms with E-state index in [0.717, 1.165) is 35.4 Å². The molecular formula is C19H23ClN3O2+. The zero-order valence-corrected chi connectivity index (χ0v) is 14.8. The van der Waals surface area contributed by atoms with Crippen LogP contribution in [-0.2, 0) is 6.42 Å². The van der Waals surface area contributed by atoms with Crippen LogP contribution >= 0.6 is 11.6 Å². The van der Waals surface area contributed by atoms with Gasteiger partial charge >= 0.3 is 6.03 Å². The van der Waals surface area contributed by atoms with Crippen LogP contribution in [0.5, 0.6) is 5.75 Å². The summed E-state index contributed by atoms with van der Waals surface area (Å²) in [6, 6.07) is 14.8. The van der Waals surface area contributed by atoms with E-state index in [4.69, 9.17) is 11.6 Å². The first-order chi connectivity index (χ1) is 12.1. The highest BCUT2D eigenvalue weighted by Gasteiger charge is 2.43. The highest BCUT2D eigenvalue weighted by molar-refractivity contribution is 6.18. The summed E-state index contributed by atoms with van der Waals surface area (Å²) >= 11 is 5.88. The normalized spacial score (nSPS) is 14.8. The van der Waals surface area contributed by atoms with Crippen LogP contribution < -0.4 is 15.1 Å². The number of halogens is 1. The summed E-state index contributed by atoms with van der Waals surface area (Å²) in [5, 5.41) is 14.9. The highest BCUT2D eigenvalue weighted by Crippen LogP contribution is 2.32. The molecule has 1 aliphatic heterocycles. The molecule has 2 aromatic carbocycles. The van der Waals surface area contributed by atoms with Gasteiger partial charge in [0.15, 0.2) is 0 Å². The Morgan fingerprint density at radius 3 is 2.36 bits per heavy atom. The number of hydrogen-bond donors (Lipinski definition) is 3. The molecule has 1 heterocycles. The van der Waals surface area contributed by atoms with Crippen molar-refractivity contribution in [3.05, 3.63) is 54.1 Å². The predicted octanol–water partition coefficient (Wildman–Crippen LogP) is 3.32. The van der Waals surface area contributed by atoms with E-state index in [2.05, 4.69) is 22.8 Å². The highest BCUT2D eigenvalue weighted by atomic mass is 35.5. The molecule has 6 heteroatoms. The molecule has 0 bridgehead atoms. The molecule has 1 fully saturated rings. The van der Waals surface area contributed by atoms with Crippen molar-refractivity contribution in [2.45, 2.75) is 6.42 Å². The third-order valence-corrected chi connectivity index (χ3v) is 4.75. The van der Waals surface area contributed by atoms with Gasteiger partial charge in [-0.1, -0.05) is 12.1 Å². The Morgan fingerprint density at radius 1 is 1.08 bits per heavy atom. The lowest BCUT2D eigenvalue weighted by Gasteiger charge is -2.17. The van der Waals surface area contributed by atoms with Gasteiger partial charge in [-0.15, -0.1) is 11.6 Å². The van der Waals surface area contributed by atoms with Gasteiger partial charge in [0.05, 0.1) is 12.4 Å². The fourth-order valence-electron chi connectivity index (χ4n) is 2.91. The van der Waals surface area contributed by atoms with Crippen molar-refractivity contribution in [3.63, 3.8) is 0 Å². The number of phenols is 1. The SMILES string of the molecule is O=C(NCCc1ccc(O)cc1)Nc1ccc([N+]2(CCCl)CC2)cc1. The van der Waals surface area contributed by atoms with Crippen molar-refractivity contribution in [2.75, 3.05) is 37.4 Å². The van der Waals surface area contributed by atoms with E-state index >= 15 is 0 Å². The summed E-state index contributed by atoms with van der Waals surface area (Å²) in [6.07, 6.45) is 0.713. The maximum Gasteiger partial charge on any atom is 0.319 e. The van der Waals surface area contributed by atoms with E-state index in [-0.39, 0.29) is 11.8 Å². The van der Waals surface area contributed by atoms with Crippen molar-refractivity contribution in [1.29, 1.82) is 0 Å². The van der Waals surface area contributed by atoms with Gasteiger partial charge in [0.2, 0.25) is 0 Å². The smallest absolute Gasteiger partial charge is 0.319 e. The second-order valence-electron chi connectivity index (χ2n) is 6.35. The number of anilines is 1. The summed E-state index contributed by atoms with van der Waals surface area (Å²) in [6.45, 7) is 3.75. The van der Waals surface area contributed by atoms with Crippen molar-refractivity contribution in [1.82, 2.24) is 9.80 Å². The second kappa shape index (κ2) is 7.76. The molecule has 0 atom stereocenters. The average molecular weight is 361 g/mol. The van der Waals surface area contributed by atoms with Crippen LogP contribution in [0.2, 0.25) is 0 Å². The van der Waals surface area contributed by atoms with Gasteiger partial charge in [0, 0.05) is 24.4 Å². The molecule has 2 amide bonds. The molecule has 3 rings (SSSR count). The topological polar surface area (TPSA) is 61.4 Å². The van der Waals surface area contributed by atoms with Gasteiger partial charge < -0.3 is 15.7 Å². The largest absolute Gasteiger partial charge is 0.508 e. The molecule has 1 aliphatic rings. The lowest BCUT2D eigenvalue weighted by molar-refractivity contribution is 0.252. The Labute approximate surface area is 152 Å². The fraction of sp³-hybridized carbons (Fsp3) is 0.316. The molecular weight excluding hydrogens is 338 g/mol. The molecule has 3 N–H and O–H groups in total. The Hall–Kier alpha value is -2.24. The quantitative estimate of drug-likeness (QED) is 0.403. The predicted molar refractivity (Wildman–Crippen MR) is 102 cm³/mol. The second-order valence-corrected chi connectivity index (χ2v) is 6.73. The van der Waals surface area contributed by atoms with Crippen molar-refractivity contribution < 1.29 is 9.90 Å². The number of amides is 2. The third kappa shape index (κ3) is 4.65. The molecule has 25 heavy (non-hydrogen) atoms. The lowest BCUT2D eigenvalue weighted by Crippen LogP contribution is -2.30. The first kappa shape index (κ1) is 17.6. The Morgan fingerprint density at radius 2 is 1.76 bits per heavy atom. The molecule has 0 saturated carbocycles. The fourth-order valence-corrected chi connectivity index (χ4v) is 3.24. The first-order valence-corrected chi connectivity index (χ1v) is 9.00. The van der Waals surface area contributed by atoms with Crippen molar-refractivity contribution >= 4 is 29.0 Å². The number of phenolic OH excluding ortho intramolecular Hbond substituents is 1. The number of carbonyl (C=O) groups is 1.